The van der Waals surface area contributed by atoms with Crippen LogP contribution in [0.25, 0.3) is 0 Å². The summed E-state index contributed by atoms with van der Waals surface area (Å²) in [6, 6.07) is 1.85. The van der Waals surface area contributed by atoms with Crippen LogP contribution < -0.4 is 0 Å². The number of ether oxygens (including phenoxy) is 1. The van der Waals surface area contributed by atoms with E-state index in [-0.39, 0.29) is 30.7 Å². The first-order valence-corrected chi connectivity index (χ1v) is 12.3. The van der Waals surface area contributed by atoms with Crippen molar-refractivity contribution in [2.45, 2.75) is 88.6 Å². The molecule has 0 aliphatic heterocycles. The second-order valence-electron chi connectivity index (χ2n) is 11.3. The van der Waals surface area contributed by atoms with E-state index in [2.05, 4.69) is 19.9 Å². The third-order valence-electron chi connectivity index (χ3n) is 10.1. The summed E-state index contributed by atoms with van der Waals surface area (Å²) in [6.45, 7) is 4.32. The molecule has 1 heterocycles. The number of hydrogen-bond donors (Lipinski definition) is 4. The van der Waals surface area contributed by atoms with Crippen molar-refractivity contribution in [1.82, 2.24) is 0 Å². The van der Waals surface area contributed by atoms with Crippen LogP contribution in [0.2, 0.25) is 0 Å². The van der Waals surface area contributed by atoms with Crippen LogP contribution in [0.4, 0.5) is 0 Å². The third-order valence-corrected chi connectivity index (χ3v) is 10.1. The number of fused-ring (bicyclic) bond motifs is 5. The van der Waals surface area contributed by atoms with Gasteiger partial charge in [-0.2, -0.15) is 0 Å². The predicted molar refractivity (Wildman–Crippen MR) is 119 cm³/mol. The zero-order valence-corrected chi connectivity index (χ0v) is 19.3. The Balaban J connectivity index is 1.41. The zero-order valence-electron chi connectivity index (χ0n) is 19.3. The highest BCUT2D eigenvalue weighted by Gasteiger charge is 2.71. The molecule has 4 aliphatic rings. The van der Waals surface area contributed by atoms with Gasteiger partial charge in [0, 0.05) is 11.0 Å². The Labute approximate surface area is 190 Å². The molecule has 0 bridgehead atoms. The van der Waals surface area contributed by atoms with Crippen molar-refractivity contribution in [3.63, 3.8) is 0 Å². The molecule has 3 fully saturated rings. The van der Waals surface area contributed by atoms with Gasteiger partial charge in [0.15, 0.2) is 0 Å². The van der Waals surface area contributed by atoms with E-state index in [9.17, 15) is 15.3 Å². The van der Waals surface area contributed by atoms with E-state index in [1.54, 1.807) is 12.5 Å². The van der Waals surface area contributed by atoms with Crippen molar-refractivity contribution in [2.24, 2.45) is 22.7 Å². The minimum Gasteiger partial charge on any atom is -0.472 e. The Morgan fingerprint density at radius 2 is 1.91 bits per heavy atom. The molecule has 6 heteroatoms. The Morgan fingerprint density at radius 3 is 2.62 bits per heavy atom. The average Bonchev–Trinajstić information content (AvgIpc) is 3.39. The van der Waals surface area contributed by atoms with Crippen molar-refractivity contribution in [1.29, 1.82) is 0 Å². The Hall–Kier alpha value is -1.18. The van der Waals surface area contributed by atoms with E-state index >= 15 is 0 Å². The summed E-state index contributed by atoms with van der Waals surface area (Å²) >= 11 is 0. The minimum absolute atomic E-state index is 0.0227. The molecule has 1 aromatic heterocycles. The van der Waals surface area contributed by atoms with Crippen LogP contribution in [-0.4, -0.2) is 51.4 Å². The molecule has 0 radical (unpaired) electrons. The number of rotatable bonds is 5. The van der Waals surface area contributed by atoms with Crippen molar-refractivity contribution in [2.75, 3.05) is 13.2 Å². The molecule has 6 nitrogen and oxygen atoms in total. The predicted octanol–water partition coefficient (Wildman–Crippen LogP) is 3.28. The van der Waals surface area contributed by atoms with Gasteiger partial charge in [0.25, 0.3) is 0 Å². The number of hydrogen-bond acceptors (Lipinski definition) is 6. The van der Waals surface area contributed by atoms with Gasteiger partial charge in [0.1, 0.15) is 11.7 Å². The summed E-state index contributed by atoms with van der Waals surface area (Å²) in [4.78, 5) is 0. The Bertz CT molecular complexity index is 866. The standard InChI is InChI=1S/C26H38O6/c1-23-8-5-20(32-16-19(28)14-27)13-17(23)3-4-22-21(23)6-9-24(2)25(29,10-11-26(22,24)30)18-7-12-31-15-18/h7,12-13,15,19-22,27-30H,3-6,8-11,14,16H2,1-2H3/t19-,20?,21+,22+,23-,24+,25?,26+/m0/s1. The van der Waals surface area contributed by atoms with E-state index in [1.165, 1.54) is 5.57 Å². The summed E-state index contributed by atoms with van der Waals surface area (Å²) in [5.74, 6) is 0.550. The first kappa shape index (κ1) is 22.6. The largest absolute Gasteiger partial charge is 0.472 e. The van der Waals surface area contributed by atoms with Gasteiger partial charge in [-0.1, -0.05) is 25.5 Å². The number of aliphatic hydroxyl groups is 4. The van der Waals surface area contributed by atoms with Gasteiger partial charge >= 0.3 is 0 Å². The van der Waals surface area contributed by atoms with Gasteiger partial charge in [0.2, 0.25) is 0 Å². The smallest absolute Gasteiger partial charge is 0.101 e. The monoisotopic (exact) mass is 446 g/mol. The van der Waals surface area contributed by atoms with Crippen LogP contribution in [0, 0.1) is 22.7 Å². The molecule has 1 aromatic rings. The van der Waals surface area contributed by atoms with Crippen LogP contribution >= 0.6 is 0 Å². The lowest BCUT2D eigenvalue weighted by Crippen LogP contribution is -2.63. The van der Waals surface area contributed by atoms with Gasteiger partial charge in [-0.25, -0.2) is 0 Å². The lowest BCUT2D eigenvalue weighted by molar-refractivity contribution is -0.222. The van der Waals surface area contributed by atoms with Crippen LogP contribution in [0.5, 0.6) is 0 Å². The quantitative estimate of drug-likeness (QED) is 0.518. The molecule has 0 spiro atoms. The molecular formula is C26H38O6. The lowest BCUT2D eigenvalue weighted by atomic mass is 9.44. The maximum atomic E-state index is 12.2. The zero-order chi connectivity index (χ0) is 22.8. The fourth-order valence-electron chi connectivity index (χ4n) is 8.07. The summed E-state index contributed by atoms with van der Waals surface area (Å²) in [5.41, 5.74) is -0.302. The van der Waals surface area contributed by atoms with Crippen molar-refractivity contribution in [3.05, 3.63) is 35.8 Å². The van der Waals surface area contributed by atoms with Crippen LogP contribution in [0.15, 0.2) is 34.7 Å². The van der Waals surface area contributed by atoms with Gasteiger partial charge in [-0.3, -0.25) is 0 Å². The van der Waals surface area contributed by atoms with Crippen LogP contribution in [0.3, 0.4) is 0 Å². The molecule has 3 saturated carbocycles. The normalized spacial score (nSPS) is 46.7. The van der Waals surface area contributed by atoms with Gasteiger partial charge < -0.3 is 29.6 Å². The third kappa shape index (κ3) is 2.96. The van der Waals surface area contributed by atoms with Crippen LogP contribution in [-0.2, 0) is 10.3 Å². The van der Waals surface area contributed by atoms with Gasteiger partial charge in [-0.05, 0) is 74.7 Å². The summed E-state index contributed by atoms with van der Waals surface area (Å²) < 4.78 is 11.2. The summed E-state index contributed by atoms with van der Waals surface area (Å²) in [5, 5.41) is 42.7. The van der Waals surface area contributed by atoms with Crippen molar-refractivity contribution < 1.29 is 29.6 Å². The molecular weight excluding hydrogens is 408 g/mol. The Morgan fingerprint density at radius 1 is 1.09 bits per heavy atom. The highest BCUT2D eigenvalue weighted by Crippen LogP contribution is 2.71. The highest BCUT2D eigenvalue weighted by molar-refractivity contribution is 5.33. The molecule has 0 amide bonds. The minimum atomic E-state index is -1.06. The topological polar surface area (TPSA) is 103 Å². The second-order valence-corrected chi connectivity index (χ2v) is 11.3. The molecule has 5 rings (SSSR count). The molecule has 178 valence electrons. The SMILES string of the molecule is C[C@]12CCC(OC[C@@H](O)CO)C=C1CC[C@@H]1[C@H]2CC[C@]2(C)C(O)(c3ccoc3)CC[C@@]12O. The molecule has 0 aromatic carbocycles. The van der Waals surface area contributed by atoms with Crippen LogP contribution in [0.1, 0.15) is 70.8 Å². The molecule has 8 atom stereocenters. The summed E-state index contributed by atoms with van der Waals surface area (Å²) in [7, 11) is 0. The van der Waals surface area contributed by atoms with Crippen molar-refractivity contribution >= 4 is 0 Å². The summed E-state index contributed by atoms with van der Waals surface area (Å²) in [6.07, 6.45) is 11.3. The first-order valence-electron chi connectivity index (χ1n) is 12.3. The van der Waals surface area contributed by atoms with Gasteiger partial charge in [-0.15, -0.1) is 0 Å². The van der Waals surface area contributed by atoms with Crippen molar-refractivity contribution in [3.8, 4) is 0 Å². The Kier molecular flexibility index (Phi) is 5.42. The van der Waals surface area contributed by atoms with E-state index in [4.69, 9.17) is 14.3 Å². The number of aliphatic hydroxyl groups excluding tert-OH is 2. The van der Waals surface area contributed by atoms with E-state index in [0.29, 0.717) is 18.8 Å². The molecule has 0 saturated heterocycles. The lowest BCUT2D eigenvalue weighted by Gasteiger charge is -2.62. The second kappa shape index (κ2) is 7.67. The molecule has 2 unspecified atom stereocenters. The van der Waals surface area contributed by atoms with E-state index in [0.717, 1.165) is 44.1 Å². The number of furan rings is 1. The maximum Gasteiger partial charge on any atom is 0.101 e. The highest BCUT2D eigenvalue weighted by atomic mass is 16.5. The fraction of sp³-hybridized carbons (Fsp3) is 0.769. The first-order chi connectivity index (χ1) is 15.2. The molecule has 32 heavy (non-hydrogen) atoms. The molecule has 4 aliphatic carbocycles. The fourth-order valence-corrected chi connectivity index (χ4v) is 8.07. The van der Waals surface area contributed by atoms with Gasteiger partial charge in [0.05, 0.1) is 37.4 Å². The molecule has 4 N–H and O–H groups in total. The maximum absolute atomic E-state index is 12.2. The number of allylic oxidation sites excluding steroid dienone is 1. The van der Waals surface area contributed by atoms with E-state index < -0.39 is 22.7 Å². The van der Waals surface area contributed by atoms with E-state index in [1.807, 2.05) is 6.07 Å². The average molecular weight is 447 g/mol.